The number of carbonyl (C=O) groups excluding carboxylic acids is 2. The zero-order valence-electron chi connectivity index (χ0n) is 16.8. The van der Waals surface area contributed by atoms with E-state index in [1.165, 1.54) is 4.52 Å². The molecule has 1 saturated heterocycles. The number of aromatic nitrogens is 3. The molecule has 8 heteroatoms. The van der Waals surface area contributed by atoms with Crippen LogP contribution in [0.25, 0.3) is 5.65 Å². The summed E-state index contributed by atoms with van der Waals surface area (Å²) in [6, 6.07) is 1.88. The number of hydrogen-bond donors (Lipinski definition) is 1. The van der Waals surface area contributed by atoms with Crippen LogP contribution < -0.4 is 5.56 Å². The number of likely N-dealkylation sites (tertiary alicyclic amines) is 1. The van der Waals surface area contributed by atoms with Gasteiger partial charge in [0.05, 0.1) is 29.5 Å². The molecule has 1 saturated carbocycles. The van der Waals surface area contributed by atoms with Crippen LogP contribution in [0.15, 0.2) is 10.9 Å². The van der Waals surface area contributed by atoms with Crippen LogP contribution >= 0.6 is 0 Å². The number of nitrogens with one attached hydrogen (secondary N) is 1. The molecule has 1 aliphatic carbocycles. The van der Waals surface area contributed by atoms with Crippen molar-refractivity contribution < 1.29 is 9.59 Å². The largest absolute Gasteiger partial charge is 0.337 e. The number of amides is 2. The summed E-state index contributed by atoms with van der Waals surface area (Å²) in [5, 5.41) is 3.21. The Balaban J connectivity index is 1.47. The van der Waals surface area contributed by atoms with Crippen molar-refractivity contribution in [1.29, 1.82) is 0 Å². The van der Waals surface area contributed by atoms with Crippen molar-refractivity contribution >= 4 is 17.5 Å². The van der Waals surface area contributed by atoms with E-state index in [9.17, 15) is 14.4 Å². The monoisotopic (exact) mass is 397 g/mol. The van der Waals surface area contributed by atoms with E-state index in [1.54, 1.807) is 4.90 Å². The normalized spacial score (nSPS) is 21.6. The second kappa shape index (κ2) is 7.00. The van der Waals surface area contributed by atoms with Gasteiger partial charge in [0.1, 0.15) is 0 Å². The third kappa shape index (κ3) is 3.14. The van der Waals surface area contributed by atoms with Gasteiger partial charge < -0.3 is 9.80 Å². The number of H-pyrrole nitrogens is 1. The summed E-state index contributed by atoms with van der Waals surface area (Å²) in [7, 11) is 0. The minimum Gasteiger partial charge on any atom is -0.337 e. The number of rotatable bonds is 4. The van der Waals surface area contributed by atoms with Gasteiger partial charge in [-0.05, 0) is 32.1 Å². The lowest BCUT2D eigenvalue weighted by Crippen LogP contribution is -2.40. The van der Waals surface area contributed by atoms with E-state index in [-0.39, 0.29) is 29.3 Å². The van der Waals surface area contributed by atoms with Gasteiger partial charge in [0, 0.05) is 37.9 Å². The minimum absolute atomic E-state index is 0.0277. The first kappa shape index (κ1) is 18.4. The summed E-state index contributed by atoms with van der Waals surface area (Å²) in [4.78, 5) is 46.5. The molecule has 2 aliphatic heterocycles. The molecule has 154 valence electrons. The molecule has 0 aromatic carbocycles. The topological polar surface area (TPSA) is 90.8 Å². The molecule has 5 rings (SSSR count). The summed E-state index contributed by atoms with van der Waals surface area (Å²) < 4.78 is 1.49. The molecule has 2 aromatic rings. The summed E-state index contributed by atoms with van der Waals surface area (Å²) in [6.07, 6.45) is 5.78. The van der Waals surface area contributed by atoms with Crippen LogP contribution in [0.5, 0.6) is 0 Å². The number of fused-ring (bicyclic) bond motifs is 2. The number of nitrogens with zero attached hydrogens (tertiary/aromatic N) is 4. The second-order valence-corrected chi connectivity index (χ2v) is 8.53. The molecule has 8 nitrogen and oxygen atoms in total. The summed E-state index contributed by atoms with van der Waals surface area (Å²) in [5.74, 6) is 0.493. The molecule has 0 unspecified atom stereocenters. The molecule has 1 atom stereocenters. The molecule has 2 aromatic heterocycles. The van der Waals surface area contributed by atoms with Crippen LogP contribution in [0.3, 0.4) is 0 Å². The van der Waals surface area contributed by atoms with Crippen molar-refractivity contribution in [3.63, 3.8) is 0 Å². The minimum atomic E-state index is -0.131. The van der Waals surface area contributed by atoms with Crippen LogP contribution in [0.1, 0.15) is 68.4 Å². The Morgan fingerprint density at radius 2 is 2.07 bits per heavy atom. The van der Waals surface area contributed by atoms with E-state index >= 15 is 0 Å². The maximum absolute atomic E-state index is 13.1. The Morgan fingerprint density at radius 1 is 1.24 bits per heavy atom. The highest BCUT2D eigenvalue weighted by Gasteiger charge is 2.36. The number of carbonyl (C=O) groups is 2. The first-order chi connectivity index (χ1) is 14.1. The Morgan fingerprint density at radius 3 is 2.83 bits per heavy atom. The predicted molar refractivity (Wildman–Crippen MR) is 106 cm³/mol. The van der Waals surface area contributed by atoms with Gasteiger partial charge in [0.25, 0.3) is 5.56 Å². The van der Waals surface area contributed by atoms with Gasteiger partial charge in [-0.25, -0.2) is 9.50 Å². The van der Waals surface area contributed by atoms with Gasteiger partial charge in [-0.15, -0.1) is 0 Å². The average Bonchev–Trinajstić information content (AvgIpc) is 3.29. The van der Waals surface area contributed by atoms with Gasteiger partial charge in [-0.1, -0.05) is 6.92 Å². The highest BCUT2D eigenvalue weighted by Crippen LogP contribution is 2.33. The van der Waals surface area contributed by atoms with Crippen LogP contribution in [0.2, 0.25) is 0 Å². The fourth-order valence-corrected chi connectivity index (χ4v) is 4.69. The molecule has 3 aliphatic rings. The molecule has 2 amide bonds. The first-order valence-electron chi connectivity index (χ1n) is 10.8. The fraction of sp³-hybridized carbons (Fsp3) is 0.619. The lowest BCUT2D eigenvalue weighted by molar-refractivity contribution is -0.133. The van der Waals surface area contributed by atoms with Crippen molar-refractivity contribution in [3.05, 3.63) is 33.4 Å². The number of hydrogen-bond acceptors (Lipinski definition) is 4. The Kier molecular flexibility index (Phi) is 4.44. The lowest BCUT2D eigenvalue weighted by Gasteiger charge is -2.27. The maximum Gasteiger partial charge on any atom is 0.277 e. The van der Waals surface area contributed by atoms with Gasteiger partial charge in [0.2, 0.25) is 11.8 Å². The van der Waals surface area contributed by atoms with E-state index in [2.05, 4.69) is 5.10 Å². The quantitative estimate of drug-likeness (QED) is 0.851. The first-order valence-corrected chi connectivity index (χ1v) is 10.8. The number of aromatic amines is 1. The van der Waals surface area contributed by atoms with Crippen molar-refractivity contribution in [2.24, 2.45) is 5.92 Å². The van der Waals surface area contributed by atoms with Crippen LogP contribution in [-0.2, 0) is 22.6 Å². The third-order valence-corrected chi connectivity index (χ3v) is 6.42. The fourth-order valence-electron chi connectivity index (χ4n) is 4.69. The molecular formula is C21H27N5O3. The van der Waals surface area contributed by atoms with Crippen molar-refractivity contribution in [2.45, 2.75) is 64.5 Å². The van der Waals surface area contributed by atoms with E-state index in [0.29, 0.717) is 37.1 Å². The highest BCUT2D eigenvalue weighted by atomic mass is 16.2. The summed E-state index contributed by atoms with van der Waals surface area (Å²) >= 11 is 0. The van der Waals surface area contributed by atoms with E-state index in [1.807, 2.05) is 17.9 Å². The zero-order chi connectivity index (χ0) is 20.1. The molecule has 2 fully saturated rings. The van der Waals surface area contributed by atoms with Crippen molar-refractivity contribution in [1.82, 2.24) is 24.4 Å². The Bertz CT molecular complexity index is 1030. The molecular weight excluding hydrogens is 370 g/mol. The van der Waals surface area contributed by atoms with Gasteiger partial charge in [0.15, 0.2) is 5.65 Å². The van der Waals surface area contributed by atoms with Crippen LogP contribution in [-0.4, -0.2) is 49.3 Å². The molecule has 4 heterocycles. The van der Waals surface area contributed by atoms with E-state index < -0.39 is 0 Å². The van der Waals surface area contributed by atoms with Gasteiger partial charge in [-0.3, -0.25) is 19.5 Å². The van der Waals surface area contributed by atoms with Crippen LogP contribution in [0.4, 0.5) is 0 Å². The SMILES string of the molecule is CCCC(=O)N1CCC[C@@H]1c1cc2nc3c(c(=O)n2[nH]1)CN(C(=O)C1CC1)CC3. The highest BCUT2D eigenvalue weighted by molar-refractivity contribution is 5.81. The molecule has 0 radical (unpaired) electrons. The Hall–Kier alpha value is -2.64. The summed E-state index contributed by atoms with van der Waals surface area (Å²) in [5.41, 5.74) is 2.74. The maximum atomic E-state index is 13.1. The van der Waals surface area contributed by atoms with E-state index in [4.69, 9.17) is 4.98 Å². The van der Waals surface area contributed by atoms with Crippen molar-refractivity contribution in [2.75, 3.05) is 13.1 Å². The summed E-state index contributed by atoms with van der Waals surface area (Å²) in [6.45, 7) is 3.75. The van der Waals surface area contributed by atoms with E-state index in [0.717, 1.165) is 50.0 Å². The lowest BCUT2D eigenvalue weighted by atomic mass is 10.1. The predicted octanol–water partition coefficient (Wildman–Crippen LogP) is 1.78. The molecule has 0 spiro atoms. The molecule has 1 N–H and O–H groups in total. The Labute approximate surface area is 168 Å². The smallest absolute Gasteiger partial charge is 0.277 e. The average molecular weight is 397 g/mol. The molecule has 29 heavy (non-hydrogen) atoms. The standard InChI is InChI=1S/C21H27N5O3/c1-2-4-19(27)25-9-3-5-17(25)16-11-18-22-15-8-10-24(20(28)13-6-7-13)12-14(15)21(29)26(18)23-16/h11,13,17,23H,2-10,12H2,1H3/t17-/m1/s1. The second-order valence-electron chi connectivity index (χ2n) is 8.53. The third-order valence-electron chi connectivity index (χ3n) is 6.42. The van der Waals surface area contributed by atoms with Crippen molar-refractivity contribution in [3.8, 4) is 0 Å². The molecule has 0 bridgehead atoms. The van der Waals surface area contributed by atoms with Gasteiger partial charge >= 0.3 is 0 Å². The van der Waals surface area contributed by atoms with Crippen LogP contribution in [0, 0.1) is 5.92 Å². The van der Waals surface area contributed by atoms with Gasteiger partial charge in [-0.2, -0.15) is 0 Å². The zero-order valence-corrected chi connectivity index (χ0v) is 16.8.